The van der Waals surface area contributed by atoms with Gasteiger partial charge in [0, 0.05) is 17.4 Å². The number of halogens is 1. The van der Waals surface area contributed by atoms with Crippen LogP contribution in [0.4, 0.5) is 0 Å². The molecule has 0 spiro atoms. The zero-order valence-corrected chi connectivity index (χ0v) is 14.0. The van der Waals surface area contributed by atoms with Crippen molar-refractivity contribution in [1.82, 2.24) is 0 Å². The number of hydrogen-bond donors (Lipinski definition) is 0. The van der Waals surface area contributed by atoms with Crippen molar-refractivity contribution < 1.29 is 14.0 Å². The molecule has 4 heteroatoms. The lowest BCUT2D eigenvalue weighted by molar-refractivity contribution is -0.947. The van der Waals surface area contributed by atoms with E-state index in [2.05, 4.69) is 7.05 Å². The topological polar surface area (TPSA) is 26.3 Å². The van der Waals surface area contributed by atoms with E-state index in [4.69, 9.17) is 16.3 Å². The number of piperidine rings is 2. The molecule has 1 aromatic carbocycles. The second kappa shape index (κ2) is 6.59. The summed E-state index contributed by atoms with van der Waals surface area (Å²) in [6.45, 7) is 3.11. The number of carbonyl (C=O) groups excluding carboxylic acids is 1. The molecule has 2 fully saturated rings. The van der Waals surface area contributed by atoms with Crippen molar-refractivity contribution in [1.29, 1.82) is 0 Å². The Bertz CT molecular complexity index is 544. The minimum absolute atomic E-state index is 0.252. The first-order valence-corrected chi connectivity index (χ1v) is 8.73. The Hall–Kier alpha value is -1.06. The molecule has 2 aliphatic rings. The zero-order chi connectivity index (χ0) is 15.6. The Morgan fingerprint density at radius 1 is 1.27 bits per heavy atom. The van der Waals surface area contributed by atoms with Crippen molar-refractivity contribution in [2.75, 3.05) is 26.7 Å². The molecule has 0 bridgehead atoms. The van der Waals surface area contributed by atoms with Crippen LogP contribution in [0.15, 0.2) is 24.3 Å². The van der Waals surface area contributed by atoms with Crippen LogP contribution in [0.3, 0.4) is 0 Å². The lowest BCUT2D eigenvalue weighted by atomic mass is 9.82. The summed E-state index contributed by atoms with van der Waals surface area (Å²) in [6.07, 6.45) is 6.35. The van der Waals surface area contributed by atoms with Crippen LogP contribution in [-0.2, 0) is 4.74 Å². The summed E-state index contributed by atoms with van der Waals surface area (Å²) < 4.78 is 6.79. The van der Waals surface area contributed by atoms with Gasteiger partial charge in [0.1, 0.15) is 6.61 Å². The van der Waals surface area contributed by atoms with Crippen LogP contribution in [0.25, 0.3) is 0 Å². The van der Waals surface area contributed by atoms with Crippen molar-refractivity contribution in [2.45, 2.75) is 38.1 Å². The molecule has 120 valence electrons. The van der Waals surface area contributed by atoms with Gasteiger partial charge in [-0.05, 0) is 43.9 Å². The third-order valence-corrected chi connectivity index (χ3v) is 5.73. The standard InChI is InChI=1S/C18H25ClNO2/c1-20-10-3-2-9-17(20)15(7-5-11-20)13-22-18(21)14-6-4-8-16(19)12-14/h4,6,8,12,15,17H,2-3,5,7,9-11,13H2,1H3/q+1/t15-,17+,20?/m0/s1. The Balaban J connectivity index is 1.62. The van der Waals surface area contributed by atoms with E-state index in [0.29, 0.717) is 29.2 Å². The molecular weight excluding hydrogens is 298 g/mol. The first-order chi connectivity index (χ1) is 10.6. The molecule has 3 atom stereocenters. The Morgan fingerprint density at radius 3 is 2.91 bits per heavy atom. The van der Waals surface area contributed by atoms with Gasteiger partial charge in [-0.25, -0.2) is 4.79 Å². The van der Waals surface area contributed by atoms with E-state index >= 15 is 0 Å². The first-order valence-electron chi connectivity index (χ1n) is 8.35. The van der Waals surface area contributed by atoms with Gasteiger partial charge < -0.3 is 9.22 Å². The molecular formula is C18H25ClNO2+. The molecule has 3 nitrogen and oxygen atoms in total. The quantitative estimate of drug-likeness (QED) is 0.623. The van der Waals surface area contributed by atoms with Crippen LogP contribution in [0.1, 0.15) is 42.5 Å². The van der Waals surface area contributed by atoms with Crippen LogP contribution in [0, 0.1) is 5.92 Å². The van der Waals surface area contributed by atoms with Gasteiger partial charge in [0.2, 0.25) is 0 Å². The summed E-state index contributed by atoms with van der Waals surface area (Å²) in [6, 6.07) is 7.65. The summed E-state index contributed by atoms with van der Waals surface area (Å²) in [7, 11) is 2.38. The zero-order valence-electron chi connectivity index (χ0n) is 13.3. The molecule has 3 rings (SSSR count). The van der Waals surface area contributed by atoms with Crippen molar-refractivity contribution in [3.05, 3.63) is 34.9 Å². The fourth-order valence-electron chi connectivity index (χ4n) is 4.31. The maximum atomic E-state index is 12.2. The van der Waals surface area contributed by atoms with E-state index in [0.717, 1.165) is 0 Å². The fraction of sp³-hybridized carbons (Fsp3) is 0.611. The van der Waals surface area contributed by atoms with E-state index in [1.165, 1.54) is 49.7 Å². The van der Waals surface area contributed by atoms with Crippen molar-refractivity contribution in [3.8, 4) is 0 Å². The molecule has 0 aliphatic carbocycles. The predicted molar refractivity (Wildman–Crippen MR) is 88.0 cm³/mol. The highest BCUT2D eigenvalue weighted by Crippen LogP contribution is 2.36. The summed E-state index contributed by atoms with van der Waals surface area (Å²) >= 11 is 5.94. The van der Waals surface area contributed by atoms with Gasteiger partial charge in [-0.3, -0.25) is 0 Å². The van der Waals surface area contributed by atoms with Crippen LogP contribution < -0.4 is 0 Å². The summed E-state index contributed by atoms with van der Waals surface area (Å²) in [4.78, 5) is 12.2. The van der Waals surface area contributed by atoms with E-state index in [9.17, 15) is 4.79 Å². The Kier molecular flexibility index (Phi) is 4.74. The first kappa shape index (κ1) is 15.8. The normalized spacial score (nSPS) is 31.4. The average Bonchev–Trinajstić information content (AvgIpc) is 2.51. The molecule has 0 radical (unpaired) electrons. The summed E-state index contributed by atoms with van der Waals surface area (Å²) in [5.41, 5.74) is 0.546. The minimum Gasteiger partial charge on any atom is -0.462 e. The number of ether oxygens (including phenoxy) is 1. The molecule has 0 N–H and O–H groups in total. The molecule has 2 saturated heterocycles. The van der Waals surface area contributed by atoms with Crippen LogP contribution in [-0.4, -0.2) is 43.2 Å². The number of benzene rings is 1. The SMILES string of the molecule is C[N+]12CCCC[C@@H]1[C@H](COC(=O)c1cccc(Cl)c1)CCC2. The van der Waals surface area contributed by atoms with Gasteiger partial charge in [0.15, 0.2) is 0 Å². The van der Waals surface area contributed by atoms with E-state index in [-0.39, 0.29) is 5.97 Å². The highest BCUT2D eigenvalue weighted by atomic mass is 35.5. The summed E-state index contributed by atoms with van der Waals surface area (Å²) in [5, 5.41) is 0.573. The van der Waals surface area contributed by atoms with Crippen molar-refractivity contribution in [2.24, 2.45) is 5.92 Å². The number of rotatable bonds is 3. The average molecular weight is 323 g/mol. The van der Waals surface area contributed by atoms with E-state index in [1.807, 2.05) is 0 Å². The fourth-order valence-corrected chi connectivity index (χ4v) is 4.50. The number of fused-ring (bicyclic) bond motifs is 1. The lowest BCUT2D eigenvalue weighted by Gasteiger charge is -2.51. The Labute approximate surface area is 137 Å². The monoisotopic (exact) mass is 322 g/mol. The van der Waals surface area contributed by atoms with E-state index in [1.54, 1.807) is 24.3 Å². The van der Waals surface area contributed by atoms with Crippen LogP contribution >= 0.6 is 11.6 Å². The smallest absolute Gasteiger partial charge is 0.338 e. The third-order valence-electron chi connectivity index (χ3n) is 5.50. The molecule has 0 aromatic heterocycles. The number of esters is 1. The van der Waals surface area contributed by atoms with Crippen LogP contribution in [0.2, 0.25) is 5.02 Å². The second-order valence-electron chi connectivity index (χ2n) is 7.00. The predicted octanol–water partition coefficient (Wildman–Crippen LogP) is 3.91. The van der Waals surface area contributed by atoms with Gasteiger partial charge >= 0.3 is 5.97 Å². The van der Waals surface area contributed by atoms with Gasteiger partial charge in [0.05, 0.1) is 31.7 Å². The summed E-state index contributed by atoms with van der Waals surface area (Å²) in [5.74, 6) is 0.250. The van der Waals surface area contributed by atoms with Gasteiger partial charge in [-0.2, -0.15) is 0 Å². The van der Waals surface area contributed by atoms with Gasteiger partial charge in [0.25, 0.3) is 0 Å². The van der Waals surface area contributed by atoms with Crippen LogP contribution in [0.5, 0.6) is 0 Å². The minimum atomic E-state index is -0.252. The largest absolute Gasteiger partial charge is 0.462 e. The molecule has 2 heterocycles. The van der Waals surface area contributed by atoms with Gasteiger partial charge in [-0.1, -0.05) is 17.7 Å². The number of nitrogens with zero attached hydrogens (tertiary/aromatic N) is 1. The number of quaternary nitrogens is 1. The number of carbonyl (C=O) groups is 1. The molecule has 0 amide bonds. The molecule has 1 unspecified atom stereocenters. The van der Waals surface area contributed by atoms with Gasteiger partial charge in [-0.15, -0.1) is 0 Å². The lowest BCUT2D eigenvalue weighted by Crippen LogP contribution is -2.61. The highest BCUT2D eigenvalue weighted by molar-refractivity contribution is 6.30. The highest BCUT2D eigenvalue weighted by Gasteiger charge is 2.43. The maximum absolute atomic E-state index is 12.2. The Morgan fingerprint density at radius 2 is 2.09 bits per heavy atom. The second-order valence-corrected chi connectivity index (χ2v) is 7.44. The van der Waals surface area contributed by atoms with Crippen molar-refractivity contribution >= 4 is 17.6 Å². The van der Waals surface area contributed by atoms with Crippen molar-refractivity contribution in [3.63, 3.8) is 0 Å². The molecule has 22 heavy (non-hydrogen) atoms. The van der Waals surface area contributed by atoms with E-state index < -0.39 is 0 Å². The molecule has 0 saturated carbocycles. The molecule has 2 aliphatic heterocycles. The molecule has 1 aromatic rings. The number of hydrogen-bond acceptors (Lipinski definition) is 2. The third kappa shape index (κ3) is 3.31. The maximum Gasteiger partial charge on any atom is 0.338 e.